The lowest BCUT2D eigenvalue weighted by molar-refractivity contribution is -0.0440. The zero-order valence-corrected chi connectivity index (χ0v) is 19.0. The second kappa shape index (κ2) is 8.58. The second-order valence-corrected chi connectivity index (χ2v) is 9.66. The van der Waals surface area contributed by atoms with Gasteiger partial charge in [-0.15, -0.1) is 0 Å². The van der Waals surface area contributed by atoms with Crippen molar-refractivity contribution in [3.8, 4) is 17.0 Å². The first-order valence-corrected chi connectivity index (χ1v) is 11.2. The SMILES string of the molecule is COCCCOc1cc2c(cc1Cl)-c1cc(=O)c(C(O)O)cn1C1C2CCCC1(C)C. The molecule has 1 aromatic carbocycles. The van der Waals surface area contributed by atoms with Crippen LogP contribution in [0.15, 0.2) is 29.2 Å². The molecule has 0 spiro atoms. The quantitative estimate of drug-likeness (QED) is 0.506. The minimum Gasteiger partial charge on any atom is -0.492 e. The lowest BCUT2D eigenvalue weighted by Crippen LogP contribution is -2.39. The minimum absolute atomic E-state index is 0.00323. The largest absolute Gasteiger partial charge is 0.492 e. The molecule has 168 valence electrons. The first-order valence-electron chi connectivity index (χ1n) is 10.8. The van der Waals surface area contributed by atoms with E-state index in [1.807, 2.05) is 12.1 Å². The van der Waals surface area contributed by atoms with E-state index in [0.717, 1.165) is 42.5 Å². The highest BCUT2D eigenvalue weighted by atomic mass is 35.5. The van der Waals surface area contributed by atoms with Gasteiger partial charge in [-0.2, -0.15) is 0 Å². The van der Waals surface area contributed by atoms with Gasteiger partial charge in [-0.25, -0.2) is 0 Å². The van der Waals surface area contributed by atoms with E-state index < -0.39 is 11.7 Å². The zero-order valence-electron chi connectivity index (χ0n) is 18.2. The Labute approximate surface area is 187 Å². The van der Waals surface area contributed by atoms with Crippen LogP contribution in [0.25, 0.3) is 11.3 Å². The summed E-state index contributed by atoms with van der Waals surface area (Å²) >= 11 is 6.57. The highest BCUT2D eigenvalue weighted by molar-refractivity contribution is 6.32. The van der Waals surface area contributed by atoms with Gasteiger partial charge in [0, 0.05) is 49.9 Å². The number of hydrogen-bond donors (Lipinski definition) is 2. The molecule has 1 fully saturated rings. The summed E-state index contributed by atoms with van der Waals surface area (Å²) < 4.78 is 13.1. The predicted octanol–water partition coefficient (Wildman–Crippen LogP) is 4.42. The van der Waals surface area contributed by atoms with Crippen molar-refractivity contribution in [3.05, 3.63) is 50.8 Å². The summed E-state index contributed by atoms with van der Waals surface area (Å²) in [7, 11) is 1.66. The second-order valence-electron chi connectivity index (χ2n) is 9.26. The maximum Gasteiger partial charge on any atom is 0.190 e. The zero-order chi connectivity index (χ0) is 22.3. The van der Waals surface area contributed by atoms with E-state index in [9.17, 15) is 15.0 Å². The Balaban J connectivity index is 1.87. The van der Waals surface area contributed by atoms with Gasteiger partial charge in [0.05, 0.1) is 22.9 Å². The van der Waals surface area contributed by atoms with Gasteiger partial charge in [0.2, 0.25) is 0 Å². The van der Waals surface area contributed by atoms with Gasteiger partial charge in [0.1, 0.15) is 5.75 Å². The number of nitrogens with zero attached hydrogens (tertiary/aromatic N) is 1. The van der Waals surface area contributed by atoms with Gasteiger partial charge in [0.25, 0.3) is 0 Å². The molecule has 31 heavy (non-hydrogen) atoms. The van der Waals surface area contributed by atoms with Crippen LogP contribution in [0.3, 0.4) is 0 Å². The molecule has 0 radical (unpaired) electrons. The number of aliphatic hydroxyl groups is 2. The standard InChI is InChI=1S/C24H30ClNO5/c1-24(2)7-4-6-14-15-11-21(31-9-5-8-30-3)18(25)10-16(15)19-12-20(27)17(23(28)29)13-26(19)22(14)24/h10-14,22-23,28-29H,4-9H2,1-3H3. The van der Waals surface area contributed by atoms with E-state index in [1.54, 1.807) is 13.3 Å². The number of halogens is 1. The molecule has 0 amide bonds. The number of fused-ring (bicyclic) bond motifs is 6. The van der Waals surface area contributed by atoms with Crippen molar-refractivity contribution in [1.29, 1.82) is 0 Å². The van der Waals surface area contributed by atoms with Crippen LogP contribution in [0.1, 0.15) is 68.9 Å². The number of rotatable bonds is 6. The maximum atomic E-state index is 12.6. The van der Waals surface area contributed by atoms with E-state index in [-0.39, 0.29) is 22.9 Å². The fourth-order valence-electron chi connectivity index (χ4n) is 5.32. The Hall–Kier alpha value is -1.86. The normalized spacial score (nSPS) is 21.4. The third-order valence-electron chi connectivity index (χ3n) is 6.73. The van der Waals surface area contributed by atoms with Gasteiger partial charge >= 0.3 is 0 Å². The summed E-state index contributed by atoms with van der Waals surface area (Å²) in [6.07, 6.45) is 3.76. The number of aromatic nitrogens is 1. The smallest absolute Gasteiger partial charge is 0.190 e. The lowest BCUT2D eigenvalue weighted by Gasteiger charge is -2.49. The Morgan fingerprint density at radius 3 is 2.74 bits per heavy atom. The molecule has 6 nitrogen and oxygen atoms in total. The fourth-order valence-corrected chi connectivity index (χ4v) is 5.54. The van der Waals surface area contributed by atoms with Crippen LogP contribution < -0.4 is 10.2 Å². The first kappa shape index (κ1) is 22.3. The summed E-state index contributed by atoms with van der Waals surface area (Å²) in [4.78, 5) is 12.6. The van der Waals surface area contributed by atoms with Crippen LogP contribution >= 0.6 is 11.6 Å². The number of hydrogen-bond acceptors (Lipinski definition) is 5. The van der Waals surface area contributed by atoms with Crippen molar-refractivity contribution < 1.29 is 19.7 Å². The maximum absolute atomic E-state index is 12.6. The van der Waals surface area contributed by atoms with Crippen LogP contribution in [-0.2, 0) is 4.74 Å². The number of ether oxygens (including phenoxy) is 2. The molecule has 4 rings (SSSR count). The van der Waals surface area contributed by atoms with Gasteiger partial charge in [-0.1, -0.05) is 31.9 Å². The molecule has 0 saturated heterocycles. The Kier molecular flexibility index (Phi) is 6.19. The van der Waals surface area contributed by atoms with Gasteiger partial charge < -0.3 is 24.3 Å². The average molecular weight is 448 g/mol. The van der Waals surface area contributed by atoms with E-state index >= 15 is 0 Å². The van der Waals surface area contributed by atoms with Crippen LogP contribution in [0.5, 0.6) is 5.75 Å². The minimum atomic E-state index is -1.80. The lowest BCUT2D eigenvalue weighted by atomic mass is 9.63. The summed E-state index contributed by atoms with van der Waals surface area (Å²) in [5, 5.41) is 19.9. The topological polar surface area (TPSA) is 80.9 Å². The molecule has 2 heterocycles. The molecule has 2 unspecified atom stereocenters. The predicted molar refractivity (Wildman–Crippen MR) is 120 cm³/mol. The monoisotopic (exact) mass is 447 g/mol. The molecule has 2 aromatic rings. The van der Waals surface area contributed by atoms with E-state index in [2.05, 4.69) is 18.4 Å². The van der Waals surface area contributed by atoms with Crippen LogP contribution in [0, 0.1) is 5.41 Å². The molecule has 1 aliphatic heterocycles. The third kappa shape index (κ3) is 4.02. The van der Waals surface area contributed by atoms with Crippen LogP contribution in [0.2, 0.25) is 5.02 Å². The molecule has 1 saturated carbocycles. The van der Waals surface area contributed by atoms with Crippen LogP contribution in [-0.4, -0.2) is 35.1 Å². The number of benzene rings is 1. The van der Waals surface area contributed by atoms with Crippen LogP contribution in [0.4, 0.5) is 0 Å². The number of methoxy groups -OCH3 is 1. The summed E-state index contributed by atoms with van der Waals surface area (Å²) in [5.41, 5.74) is 2.38. The molecule has 2 atom stereocenters. The summed E-state index contributed by atoms with van der Waals surface area (Å²) in [6.45, 7) is 5.62. The number of aliphatic hydroxyl groups excluding tert-OH is 1. The Morgan fingerprint density at radius 1 is 1.26 bits per heavy atom. The Morgan fingerprint density at radius 2 is 2.03 bits per heavy atom. The van der Waals surface area contributed by atoms with Crippen molar-refractivity contribution >= 4 is 11.6 Å². The molecule has 2 N–H and O–H groups in total. The number of pyridine rings is 1. The van der Waals surface area contributed by atoms with Crippen molar-refractivity contribution in [2.45, 2.75) is 57.8 Å². The molecule has 1 aromatic heterocycles. The van der Waals surface area contributed by atoms with Crippen molar-refractivity contribution in [3.63, 3.8) is 0 Å². The highest BCUT2D eigenvalue weighted by Crippen LogP contribution is 2.57. The highest BCUT2D eigenvalue weighted by Gasteiger charge is 2.45. The van der Waals surface area contributed by atoms with Crippen molar-refractivity contribution in [2.75, 3.05) is 20.3 Å². The molecular formula is C24H30ClNO5. The summed E-state index contributed by atoms with van der Waals surface area (Å²) in [5.74, 6) is 0.868. The van der Waals surface area contributed by atoms with E-state index in [4.69, 9.17) is 21.1 Å². The fraction of sp³-hybridized carbons (Fsp3) is 0.542. The molecule has 2 aliphatic rings. The van der Waals surface area contributed by atoms with Gasteiger partial charge in [-0.05, 0) is 36.0 Å². The van der Waals surface area contributed by atoms with E-state index in [0.29, 0.717) is 24.0 Å². The van der Waals surface area contributed by atoms with Gasteiger partial charge in [0.15, 0.2) is 11.7 Å². The van der Waals surface area contributed by atoms with Crippen molar-refractivity contribution in [1.82, 2.24) is 4.57 Å². The molecule has 1 aliphatic carbocycles. The Bertz CT molecular complexity index is 1030. The van der Waals surface area contributed by atoms with E-state index in [1.165, 1.54) is 6.07 Å². The molecule has 0 bridgehead atoms. The first-order chi connectivity index (χ1) is 14.7. The molecular weight excluding hydrogens is 418 g/mol. The third-order valence-corrected chi connectivity index (χ3v) is 7.03. The average Bonchev–Trinajstić information content (AvgIpc) is 2.71. The molecule has 7 heteroatoms. The van der Waals surface area contributed by atoms with Gasteiger partial charge in [-0.3, -0.25) is 4.79 Å². The van der Waals surface area contributed by atoms with Crippen molar-refractivity contribution in [2.24, 2.45) is 5.41 Å². The summed E-state index contributed by atoms with van der Waals surface area (Å²) in [6, 6.07) is 5.50.